The number of carbonyl (C=O) groups excluding carboxylic acids is 3. The summed E-state index contributed by atoms with van der Waals surface area (Å²) in [7, 11) is 0. The minimum absolute atomic E-state index is 0.192. The number of esters is 3. The highest BCUT2D eigenvalue weighted by molar-refractivity contribution is 6.26. The Hall–Kier alpha value is -1.30. The second-order valence-corrected chi connectivity index (χ2v) is 3.97. The lowest BCUT2D eigenvalue weighted by Gasteiger charge is -2.15. The molecule has 0 radical (unpaired) electrons. The first-order chi connectivity index (χ1) is 9.04. The van der Waals surface area contributed by atoms with E-state index in [1.165, 1.54) is 0 Å². The summed E-state index contributed by atoms with van der Waals surface area (Å²) >= 11 is 5.28. The van der Waals surface area contributed by atoms with Crippen molar-refractivity contribution in [3.05, 3.63) is 0 Å². The molecule has 0 heterocycles. The predicted molar refractivity (Wildman–Crippen MR) is 67.7 cm³/mol. The molecule has 6 nitrogen and oxygen atoms in total. The van der Waals surface area contributed by atoms with Crippen LogP contribution in [-0.2, 0) is 28.6 Å². The molecule has 0 saturated carbocycles. The van der Waals surface area contributed by atoms with E-state index in [1.807, 2.05) is 13.8 Å². The molecule has 19 heavy (non-hydrogen) atoms. The molecule has 0 aromatic rings. The summed E-state index contributed by atoms with van der Waals surface area (Å²) < 4.78 is 14.4. The van der Waals surface area contributed by atoms with Gasteiger partial charge in [-0.05, 0) is 12.8 Å². The molecule has 7 heteroatoms. The first-order valence-electron chi connectivity index (χ1n) is 6.12. The van der Waals surface area contributed by atoms with E-state index in [-0.39, 0.29) is 19.6 Å². The summed E-state index contributed by atoms with van der Waals surface area (Å²) in [6.45, 7) is 4.10. The van der Waals surface area contributed by atoms with E-state index >= 15 is 0 Å². The van der Waals surface area contributed by atoms with Gasteiger partial charge in [0.1, 0.15) is 5.88 Å². The SMILES string of the molecule is CCCOC(=O)C[C@H](OC(=O)CCl)C(=O)OCCC. The number of carbonyl (C=O) groups is 3. The Bertz CT molecular complexity index is 305. The van der Waals surface area contributed by atoms with E-state index < -0.39 is 29.9 Å². The minimum atomic E-state index is -1.30. The average molecular weight is 295 g/mol. The first kappa shape index (κ1) is 17.7. The van der Waals surface area contributed by atoms with Crippen LogP contribution in [0.1, 0.15) is 33.1 Å². The summed E-state index contributed by atoms with van der Waals surface area (Å²) in [5.74, 6) is -2.58. The maximum Gasteiger partial charge on any atom is 0.348 e. The summed E-state index contributed by atoms with van der Waals surface area (Å²) in [5, 5.41) is 0. The summed E-state index contributed by atoms with van der Waals surface area (Å²) in [6.07, 6.45) is -0.381. The molecule has 0 aliphatic rings. The Balaban J connectivity index is 4.43. The molecule has 0 aromatic carbocycles. The van der Waals surface area contributed by atoms with Gasteiger partial charge in [0, 0.05) is 0 Å². The van der Waals surface area contributed by atoms with Crippen molar-refractivity contribution >= 4 is 29.5 Å². The van der Waals surface area contributed by atoms with Gasteiger partial charge in [0.2, 0.25) is 6.10 Å². The lowest BCUT2D eigenvalue weighted by atomic mass is 10.2. The van der Waals surface area contributed by atoms with Crippen LogP contribution in [0.2, 0.25) is 0 Å². The summed E-state index contributed by atoms with van der Waals surface area (Å²) in [6, 6.07) is 0. The molecule has 0 saturated heterocycles. The van der Waals surface area contributed by atoms with E-state index in [4.69, 9.17) is 25.8 Å². The number of hydrogen-bond donors (Lipinski definition) is 0. The van der Waals surface area contributed by atoms with E-state index in [0.717, 1.165) is 0 Å². The normalized spacial score (nSPS) is 11.5. The summed E-state index contributed by atoms with van der Waals surface area (Å²) in [4.78, 5) is 34.1. The highest BCUT2D eigenvalue weighted by Gasteiger charge is 2.27. The molecular weight excluding hydrogens is 276 g/mol. The van der Waals surface area contributed by atoms with Gasteiger partial charge in [-0.15, -0.1) is 11.6 Å². The van der Waals surface area contributed by atoms with Gasteiger partial charge in [-0.1, -0.05) is 13.8 Å². The zero-order chi connectivity index (χ0) is 14.7. The van der Waals surface area contributed by atoms with Gasteiger partial charge in [0.05, 0.1) is 19.6 Å². The number of hydrogen-bond acceptors (Lipinski definition) is 6. The zero-order valence-electron chi connectivity index (χ0n) is 11.1. The maximum absolute atomic E-state index is 11.6. The largest absolute Gasteiger partial charge is 0.466 e. The molecular formula is C12H19ClO6. The van der Waals surface area contributed by atoms with Gasteiger partial charge in [0.25, 0.3) is 0 Å². The van der Waals surface area contributed by atoms with Crippen LogP contribution in [0.4, 0.5) is 0 Å². The third kappa shape index (κ3) is 8.42. The molecule has 0 unspecified atom stereocenters. The monoisotopic (exact) mass is 294 g/mol. The van der Waals surface area contributed by atoms with Crippen LogP contribution in [0.3, 0.4) is 0 Å². The van der Waals surface area contributed by atoms with Crippen molar-refractivity contribution in [3.63, 3.8) is 0 Å². The Morgan fingerprint density at radius 1 is 1.00 bits per heavy atom. The summed E-state index contributed by atoms with van der Waals surface area (Å²) in [5.41, 5.74) is 0. The highest BCUT2D eigenvalue weighted by atomic mass is 35.5. The highest BCUT2D eigenvalue weighted by Crippen LogP contribution is 2.06. The molecule has 0 aliphatic heterocycles. The van der Waals surface area contributed by atoms with Crippen molar-refractivity contribution < 1.29 is 28.6 Å². The second kappa shape index (κ2) is 10.6. The molecule has 0 aliphatic carbocycles. The molecule has 0 N–H and O–H groups in total. The van der Waals surface area contributed by atoms with Gasteiger partial charge >= 0.3 is 17.9 Å². The molecule has 0 amide bonds. The lowest BCUT2D eigenvalue weighted by Crippen LogP contribution is -2.32. The maximum atomic E-state index is 11.6. The van der Waals surface area contributed by atoms with Crippen LogP contribution >= 0.6 is 11.6 Å². The average Bonchev–Trinajstić information content (AvgIpc) is 2.41. The fourth-order valence-electron chi connectivity index (χ4n) is 1.09. The van der Waals surface area contributed by atoms with Crippen molar-refractivity contribution in [2.45, 2.75) is 39.2 Å². The van der Waals surface area contributed by atoms with E-state index in [9.17, 15) is 14.4 Å². The molecule has 0 spiro atoms. The van der Waals surface area contributed by atoms with Crippen LogP contribution in [0.15, 0.2) is 0 Å². The number of ether oxygens (including phenoxy) is 3. The molecule has 0 fully saturated rings. The van der Waals surface area contributed by atoms with Crippen LogP contribution < -0.4 is 0 Å². The third-order valence-corrected chi connectivity index (χ3v) is 2.13. The molecule has 110 valence electrons. The van der Waals surface area contributed by atoms with Gasteiger partial charge in [-0.3, -0.25) is 9.59 Å². The predicted octanol–water partition coefficient (Wildman–Crippen LogP) is 1.43. The fraction of sp³-hybridized carbons (Fsp3) is 0.750. The Morgan fingerprint density at radius 2 is 1.58 bits per heavy atom. The van der Waals surface area contributed by atoms with Gasteiger partial charge in [-0.2, -0.15) is 0 Å². The number of alkyl halides is 1. The van der Waals surface area contributed by atoms with Crippen molar-refractivity contribution in [1.82, 2.24) is 0 Å². The van der Waals surface area contributed by atoms with Crippen LogP contribution in [0.25, 0.3) is 0 Å². The molecule has 0 aromatic heterocycles. The van der Waals surface area contributed by atoms with Crippen molar-refractivity contribution in [2.75, 3.05) is 19.1 Å². The van der Waals surface area contributed by atoms with Crippen LogP contribution in [0, 0.1) is 0 Å². The van der Waals surface area contributed by atoms with Gasteiger partial charge < -0.3 is 14.2 Å². The zero-order valence-corrected chi connectivity index (χ0v) is 11.9. The van der Waals surface area contributed by atoms with Gasteiger partial charge in [0.15, 0.2) is 0 Å². The fourth-order valence-corrected chi connectivity index (χ4v) is 1.15. The van der Waals surface area contributed by atoms with E-state index in [2.05, 4.69) is 0 Å². The minimum Gasteiger partial charge on any atom is -0.466 e. The van der Waals surface area contributed by atoms with Crippen molar-refractivity contribution in [1.29, 1.82) is 0 Å². The second-order valence-electron chi connectivity index (χ2n) is 3.70. The lowest BCUT2D eigenvalue weighted by molar-refractivity contribution is -0.170. The van der Waals surface area contributed by atoms with Gasteiger partial charge in [-0.25, -0.2) is 4.79 Å². The standard InChI is InChI=1S/C12H19ClO6/c1-3-5-17-10(14)7-9(19-11(15)8-13)12(16)18-6-4-2/h9H,3-8H2,1-2H3/t9-/m0/s1. The van der Waals surface area contributed by atoms with Crippen molar-refractivity contribution in [2.24, 2.45) is 0 Å². The van der Waals surface area contributed by atoms with Crippen LogP contribution in [0.5, 0.6) is 0 Å². The van der Waals surface area contributed by atoms with Crippen molar-refractivity contribution in [3.8, 4) is 0 Å². The number of halogens is 1. The Labute approximate surface area is 117 Å². The first-order valence-corrected chi connectivity index (χ1v) is 6.66. The third-order valence-electron chi connectivity index (χ3n) is 1.91. The Kier molecular flexibility index (Phi) is 9.88. The molecule has 0 bridgehead atoms. The van der Waals surface area contributed by atoms with Crippen LogP contribution in [-0.4, -0.2) is 43.1 Å². The quantitative estimate of drug-likeness (QED) is 0.364. The van der Waals surface area contributed by atoms with E-state index in [0.29, 0.717) is 12.8 Å². The Morgan fingerprint density at radius 3 is 2.11 bits per heavy atom. The smallest absolute Gasteiger partial charge is 0.348 e. The molecule has 1 atom stereocenters. The van der Waals surface area contributed by atoms with E-state index in [1.54, 1.807) is 0 Å². The molecule has 0 rings (SSSR count). The number of rotatable bonds is 9. The topological polar surface area (TPSA) is 78.9 Å².